The number of H-pyrrole nitrogens is 1. The molecule has 114 valence electrons. The second-order valence-corrected chi connectivity index (χ2v) is 4.07. The predicted molar refractivity (Wildman–Crippen MR) is 68.5 cm³/mol. The summed E-state index contributed by atoms with van der Waals surface area (Å²) in [4.78, 5) is 48.5. The Morgan fingerprint density at radius 3 is 2.32 bits per heavy atom. The second-order valence-electron chi connectivity index (χ2n) is 4.07. The predicted octanol–water partition coefficient (Wildman–Crippen LogP) is -5.43. The van der Waals surface area contributed by atoms with Gasteiger partial charge in [0.25, 0.3) is 5.56 Å². The van der Waals surface area contributed by atoms with E-state index in [2.05, 4.69) is 9.97 Å². The summed E-state index contributed by atoms with van der Waals surface area (Å²) in [5, 5.41) is 17.4. The molecule has 2 rings (SSSR count). The van der Waals surface area contributed by atoms with Crippen LogP contribution in [0.15, 0.2) is 15.9 Å². The molecule has 0 aliphatic carbocycles. The van der Waals surface area contributed by atoms with Crippen molar-refractivity contribution in [3.8, 4) is 0 Å². The number of nitrogens with one attached hydrogen (secondary N) is 1. The molecule has 0 bridgehead atoms. The minimum absolute atomic E-state index is 0. The molecule has 2 N–H and O–H groups in total. The van der Waals surface area contributed by atoms with Crippen molar-refractivity contribution in [1.82, 2.24) is 19.1 Å². The molecule has 0 amide bonds. The van der Waals surface area contributed by atoms with Gasteiger partial charge in [0.15, 0.2) is 5.65 Å². The Morgan fingerprint density at radius 2 is 1.86 bits per heavy atom. The molecule has 0 aromatic carbocycles. The molecule has 2 aromatic rings. The maximum Gasteiger partial charge on any atom is 1.00 e. The largest absolute Gasteiger partial charge is 1.00 e. The number of nitrogens with zero attached hydrogens (tertiary/aromatic N) is 3. The van der Waals surface area contributed by atoms with Crippen molar-refractivity contribution in [1.29, 1.82) is 0 Å². The van der Waals surface area contributed by atoms with Crippen molar-refractivity contribution in [3.63, 3.8) is 0 Å². The van der Waals surface area contributed by atoms with Crippen molar-refractivity contribution in [2.24, 2.45) is 14.1 Å². The summed E-state index contributed by atoms with van der Waals surface area (Å²) in [6.07, 6.45) is 0.628. The summed E-state index contributed by atoms with van der Waals surface area (Å²) < 4.78 is 2.37. The average Bonchev–Trinajstić information content (AvgIpc) is 2.91. The number of aryl methyl sites for hydroxylation is 1. The van der Waals surface area contributed by atoms with Crippen LogP contribution in [-0.4, -0.2) is 36.1 Å². The first-order valence-corrected chi connectivity index (χ1v) is 5.76. The number of hydrogen-bond donors (Lipinski definition) is 2. The van der Waals surface area contributed by atoms with Crippen molar-refractivity contribution < 1.29 is 49.4 Å². The number of rotatable bonds is 3. The molecule has 0 radical (unpaired) electrons. The number of carboxylic acid groups (broad SMARTS) is 2. The summed E-state index contributed by atoms with van der Waals surface area (Å²) in [5.74, 6) is -2.44. The van der Waals surface area contributed by atoms with Crippen LogP contribution >= 0.6 is 0 Å². The molecule has 0 aliphatic rings. The third-order valence-corrected chi connectivity index (χ3v) is 2.57. The van der Waals surface area contributed by atoms with Crippen LogP contribution in [0, 0.1) is 0 Å². The van der Waals surface area contributed by atoms with Crippen molar-refractivity contribution >= 4 is 23.1 Å². The Balaban J connectivity index is 0.000000432. The van der Waals surface area contributed by atoms with E-state index in [0.29, 0.717) is 11.2 Å². The van der Waals surface area contributed by atoms with Crippen LogP contribution < -0.4 is 45.9 Å². The molecular weight excluding hydrogens is 307 g/mol. The minimum Gasteiger partial charge on any atom is -0.550 e. The van der Waals surface area contributed by atoms with Crippen LogP contribution in [0.3, 0.4) is 0 Å². The number of carbonyl (C=O) groups excluding carboxylic acids is 1. The van der Waals surface area contributed by atoms with E-state index in [0.717, 1.165) is 4.57 Å². The SMILES string of the molecule is Cn1c(=O)c2[nH]cnc2n(C)c1=O.O=C([O-])CCC(=O)O.[Na+]. The molecule has 10 nitrogen and oxygen atoms in total. The molecule has 11 heteroatoms. The third kappa shape index (κ3) is 4.83. The summed E-state index contributed by atoms with van der Waals surface area (Å²) in [6, 6.07) is 0. The number of aromatic nitrogens is 4. The van der Waals surface area contributed by atoms with E-state index in [1.165, 1.54) is 17.9 Å². The monoisotopic (exact) mass is 320 g/mol. The zero-order valence-corrected chi connectivity index (χ0v) is 14.3. The Labute approximate surface area is 145 Å². The minimum atomic E-state index is -1.33. The number of imidazole rings is 1. The number of carboxylic acids is 2. The van der Waals surface area contributed by atoms with Crippen LogP contribution in [-0.2, 0) is 23.7 Å². The van der Waals surface area contributed by atoms with Gasteiger partial charge in [-0.3, -0.25) is 18.7 Å². The smallest absolute Gasteiger partial charge is 0.550 e. The van der Waals surface area contributed by atoms with Gasteiger partial charge in [0.05, 0.1) is 12.7 Å². The first-order chi connectivity index (χ1) is 9.75. The topological polar surface area (TPSA) is 150 Å². The zero-order valence-electron chi connectivity index (χ0n) is 12.3. The van der Waals surface area contributed by atoms with Gasteiger partial charge in [-0.25, -0.2) is 9.78 Å². The first-order valence-electron chi connectivity index (χ1n) is 5.76. The zero-order chi connectivity index (χ0) is 16.2. The van der Waals surface area contributed by atoms with Crippen LogP contribution in [0.2, 0.25) is 0 Å². The van der Waals surface area contributed by atoms with E-state index in [1.807, 2.05) is 0 Å². The van der Waals surface area contributed by atoms with Gasteiger partial charge < -0.3 is 20.0 Å². The average molecular weight is 320 g/mol. The van der Waals surface area contributed by atoms with Crippen LogP contribution in [0.25, 0.3) is 11.2 Å². The molecule has 0 saturated heterocycles. The molecule has 0 spiro atoms. The van der Waals surface area contributed by atoms with Crippen molar-refractivity contribution in [3.05, 3.63) is 27.2 Å². The summed E-state index contributed by atoms with van der Waals surface area (Å²) in [6.45, 7) is 0. The van der Waals surface area contributed by atoms with Gasteiger partial charge in [0, 0.05) is 20.1 Å². The fourth-order valence-corrected chi connectivity index (χ4v) is 1.48. The molecule has 2 heterocycles. The Bertz CT molecular complexity index is 776. The van der Waals surface area contributed by atoms with Crippen LogP contribution in [0.5, 0.6) is 0 Å². The Morgan fingerprint density at radius 1 is 1.27 bits per heavy atom. The van der Waals surface area contributed by atoms with Gasteiger partial charge >= 0.3 is 41.2 Å². The van der Waals surface area contributed by atoms with E-state index in [-0.39, 0.29) is 47.2 Å². The molecule has 0 unspecified atom stereocenters. The van der Waals surface area contributed by atoms with Crippen LogP contribution in [0.1, 0.15) is 12.8 Å². The Hall–Kier alpha value is -1.91. The van der Waals surface area contributed by atoms with Crippen molar-refractivity contribution in [2.45, 2.75) is 12.8 Å². The van der Waals surface area contributed by atoms with Crippen LogP contribution in [0.4, 0.5) is 0 Å². The molecule has 2 aromatic heterocycles. The summed E-state index contributed by atoms with van der Waals surface area (Å²) in [5.41, 5.74) is 0.0119. The standard InChI is InChI=1S/C7H8N4O2.C4H6O4.Na/c1-10-5-4(8-3-9-5)6(12)11(2)7(10)13;5-3(6)1-2-4(7)8;/h3H,1-2H3,(H,8,9);1-2H2,(H,5,6)(H,7,8);/q;;+1/p-1. The van der Waals surface area contributed by atoms with Gasteiger partial charge in [0.1, 0.15) is 5.52 Å². The maximum atomic E-state index is 11.4. The van der Waals surface area contributed by atoms with Gasteiger partial charge in [-0.1, -0.05) is 0 Å². The van der Waals surface area contributed by atoms with Gasteiger partial charge in [0.2, 0.25) is 0 Å². The first kappa shape index (κ1) is 20.1. The van der Waals surface area contributed by atoms with E-state index in [4.69, 9.17) is 5.11 Å². The number of fused-ring (bicyclic) bond motifs is 1. The third-order valence-electron chi connectivity index (χ3n) is 2.57. The quantitative estimate of drug-likeness (QED) is 0.536. The van der Waals surface area contributed by atoms with Gasteiger partial charge in [-0.05, 0) is 6.42 Å². The fourth-order valence-electron chi connectivity index (χ4n) is 1.48. The second kappa shape index (κ2) is 8.51. The van der Waals surface area contributed by atoms with E-state index < -0.39 is 18.4 Å². The maximum absolute atomic E-state index is 11.4. The summed E-state index contributed by atoms with van der Waals surface area (Å²) in [7, 11) is 3.01. The Kier molecular flexibility index (Phi) is 7.77. The molecule has 0 saturated carbocycles. The summed E-state index contributed by atoms with van der Waals surface area (Å²) >= 11 is 0. The molecule has 22 heavy (non-hydrogen) atoms. The molecule has 0 atom stereocenters. The van der Waals surface area contributed by atoms with E-state index in [1.54, 1.807) is 7.05 Å². The van der Waals surface area contributed by atoms with E-state index in [9.17, 15) is 24.3 Å². The molecule has 0 fully saturated rings. The number of carbonyl (C=O) groups is 2. The fraction of sp³-hybridized carbons (Fsp3) is 0.364. The normalized spacial score (nSPS) is 9.55. The van der Waals surface area contributed by atoms with Gasteiger partial charge in [-0.2, -0.15) is 0 Å². The van der Waals surface area contributed by atoms with Gasteiger partial charge in [-0.15, -0.1) is 0 Å². The van der Waals surface area contributed by atoms with Crippen molar-refractivity contribution in [2.75, 3.05) is 0 Å². The number of aliphatic carboxylic acids is 2. The van der Waals surface area contributed by atoms with E-state index >= 15 is 0 Å². The molecular formula is C11H13N4NaO6. The number of hydrogen-bond acceptors (Lipinski definition) is 6. The molecule has 0 aliphatic heterocycles. The number of aromatic amines is 1.